The van der Waals surface area contributed by atoms with Gasteiger partial charge < -0.3 is 15.6 Å². The Balaban J connectivity index is 0.00000338. The first-order valence-electron chi connectivity index (χ1n) is 8.93. The van der Waals surface area contributed by atoms with Crippen molar-refractivity contribution in [1.29, 1.82) is 0 Å². The van der Waals surface area contributed by atoms with Crippen LogP contribution in [0.3, 0.4) is 0 Å². The van der Waals surface area contributed by atoms with Crippen molar-refractivity contribution >= 4 is 28.3 Å². The number of carbonyl (C=O) groups excluding carboxylic acids is 1. The van der Waals surface area contributed by atoms with Crippen LogP contribution in [0.15, 0.2) is 17.2 Å². The maximum atomic E-state index is 12.8. The van der Waals surface area contributed by atoms with E-state index in [1.165, 1.54) is 16.6 Å². The van der Waals surface area contributed by atoms with Gasteiger partial charge in [0.15, 0.2) is 0 Å². The molecule has 1 fully saturated rings. The van der Waals surface area contributed by atoms with Crippen LogP contribution >= 0.6 is 12.4 Å². The molecule has 0 bridgehead atoms. The number of aromatic nitrogens is 1. The van der Waals surface area contributed by atoms with Gasteiger partial charge in [0.25, 0.3) is 5.91 Å². The average Bonchev–Trinajstić information content (AvgIpc) is 2.97. The lowest BCUT2D eigenvalue weighted by Gasteiger charge is -2.25. The van der Waals surface area contributed by atoms with Crippen molar-refractivity contribution in [2.45, 2.75) is 50.5 Å². The molecule has 2 rings (SSSR count). The highest BCUT2D eigenvalue weighted by atomic mass is 35.5. The molecule has 1 aliphatic rings. The fourth-order valence-corrected chi connectivity index (χ4v) is 4.79. The Morgan fingerprint density at radius 3 is 2.42 bits per heavy atom. The summed E-state index contributed by atoms with van der Waals surface area (Å²) in [6.07, 6.45) is 5.12. The van der Waals surface area contributed by atoms with Crippen LogP contribution in [-0.4, -0.2) is 48.9 Å². The van der Waals surface area contributed by atoms with E-state index >= 15 is 0 Å². The monoisotopic (exact) mass is 406 g/mol. The number of carbonyl (C=O) groups is 1. The maximum Gasteiger partial charge on any atom is 0.268 e. The smallest absolute Gasteiger partial charge is 0.268 e. The van der Waals surface area contributed by atoms with E-state index in [1.807, 2.05) is 0 Å². The molecule has 0 radical (unpaired) electrons. The fourth-order valence-electron chi connectivity index (χ4n) is 3.20. The maximum absolute atomic E-state index is 12.8. The van der Waals surface area contributed by atoms with Gasteiger partial charge in [-0.25, -0.2) is 8.42 Å². The third kappa shape index (κ3) is 5.45. The number of hydrogen-bond donors (Lipinski definition) is 2. The highest BCUT2D eigenvalue weighted by Gasteiger charge is 2.28. The Labute approximate surface area is 162 Å². The van der Waals surface area contributed by atoms with Crippen LogP contribution in [0.1, 0.15) is 50.0 Å². The van der Waals surface area contributed by atoms with Gasteiger partial charge in [-0.05, 0) is 31.2 Å². The van der Waals surface area contributed by atoms with Crippen molar-refractivity contribution in [3.63, 3.8) is 0 Å². The van der Waals surface area contributed by atoms with E-state index in [9.17, 15) is 13.2 Å². The van der Waals surface area contributed by atoms with Gasteiger partial charge in [0.1, 0.15) is 10.6 Å². The van der Waals surface area contributed by atoms with Crippen molar-refractivity contribution < 1.29 is 13.2 Å². The number of nitrogens with one attached hydrogen (secondary N) is 1. The van der Waals surface area contributed by atoms with Gasteiger partial charge in [-0.3, -0.25) is 4.79 Å². The van der Waals surface area contributed by atoms with Crippen molar-refractivity contribution in [1.82, 2.24) is 14.2 Å². The number of nitrogens with zero attached hydrogens (tertiary/aromatic N) is 2. The predicted octanol–water partition coefficient (Wildman–Crippen LogP) is 1.72. The first-order chi connectivity index (χ1) is 11.8. The Kier molecular flexibility index (Phi) is 8.59. The highest BCUT2D eigenvalue weighted by molar-refractivity contribution is 7.89. The van der Waals surface area contributed by atoms with E-state index in [2.05, 4.69) is 19.2 Å². The van der Waals surface area contributed by atoms with Crippen LogP contribution in [0.25, 0.3) is 0 Å². The quantitative estimate of drug-likeness (QED) is 0.720. The first-order valence-corrected chi connectivity index (χ1v) is 10.4. The van der Waals surface area contributed by atoms with Gasteiger partial charge >= 0.3 is 0 Å². The van der Waals surface area contributed by atoms with E-state index in [4.69, 9.17) is 5.73 Å². The van der Waals surface area contributed by atoms with Crippen LogP contribution < -0.4 is 11.1 Å². The molecule has 150 valence electrons. The molecular weight excluding hydrogens is 376 g/mol. The summed E-state index contributed by atoms with van der Waals surface area (Å²) >= 11 is 0. The van der Waals surface area contributed by atoms with Crippen molar-refractivity contribution in [3.05, 3.63) is 18.0 Å². The third-order valence-electron chi connectivity index (χ3n) is 4.54. The first kappa shape index (κ1) is 23.0. The summed E-state index contributed by atoms with van der Waals surface area (Å²) in [5.74, 6) is 0.121. The van der Waals surface area contributed by atoms with E-state index < -0.39 is 10.0 Å². The standard InChI is InChI=1S/C17H30N4O3S.ClH/c1-13(2)9-14(11-18)19-17(22)16-10-15(12-20(16)3)25(23,24)21-7-5-4-6-8-21;/h10,12-14H,4-9,11,18H2,1-3H3,(H,19,22);1H. The topological polar surface area (TPSA) is 97.4 Å². The minimum atomic E-state index is -3.54. The molecule has 0 spiro atoms. The molecule has 2 heterocycles. The van der Waals surface area contributed by atoms with E-state index in [0.29, 0.717) is 31.2 Å². The molecule has 7 nitrogen and oxygen atoms in total. The van der Waals surface area contributed by atoms with Gasteiger partial charge in [-0.15, -0.1) is 12.4 Å². The zero-order chi connectivity index (χ0) is 18.6. The number of halogens is 1. The summed E-state index contributed by atoms with van der Waals surface area (Å²) in [7, 11) is -1.86. The summed E-state index contributed by atoms with van der Waals surface area (Å²) in [5.41, 5.74) is 6.06. The number of rotatable bonds is 7. The lowest BCUT2D eigenvalue weighted by atomic mass is 10.0. The number of nitrogens with two attached hydrogens (primary N) is 1. The fraction of sp³-hybridized carbons (Fsp3) is 0.706. The molecule has 0 aliphatic carbocycles. The van der Waals surface area contributed by atoms with Crippen LogP contribution in [-0.2, 0) is 17.1 Å². The van der Waals surface area contributed by atoms with E-state index in [0.717, 1.165) is 25.7 Å². The number of amides is 1. The highest BCUT2D eigenvalue weighted by Crippen LogP contribution is 2.22. The minimum absolute atomic E-state index is 0. The normalized spacial score (nSPS) is 17.0. The Morgan fingerprint density at radius 2 is 1.88 bits per heavy atom. The summed E-state index contributed by atoms with van der Waals surface area (Å²) < 4.78 is 28.6. The molecule has 26 heavy (non-hydrogen) atoms. The minimum Gasteiger partial charge on any atom is -0.347 e. The summed E-state index contributed by atoms with van der Waals surface area (Å²) in [5, 5.41) is 2.91. The molecule has 9 heteroatoms. The van der Waals surface area contributed by atoms with Crippen molar-refractivity contribution in [2.24, 2.45) is 18.7 Å². The average molecular weight is 407 g/mol. The number of hydrogen-bond acceptors (Lipinski definition) is 4. The zero-order valence-corrected chi connectivity index (χ0v) is 17.4. The summed E-state index contributed by atoms with van der Waals surface area (Å²) in [4.78, 5) is 12.7. The lowest BCUT2D eigenvalue weighted by molar-refractivity contribution is 0.0925. The Morgan fingerprint density at radius 1 is 1.27 bits per heavy atom. The molecule has 3 N–H and O–H groups in total. The van der Waals surface area contributed by atoms with Crippen LogP contribution in [0, 0.1) is 5.92 Å². The molecule has 1 aliphatic heterocycles. The van der Waals surface area contributed by atoms with Gasteiger partial charge in [-0.1, -0.05) is 20.3 Å². The zero-order valence-electron chi connectivity index (χ0n) is 15.8. The van der Waals surface area contributed by atoms with Gasteiger partial charge in [0.2, 0.25) is 10.0 Å². The second-order valence-corrected chi connectivity index (χ2v) is 9.11. The number of sulfonamides is 1. The van der Waals surface area contributed by atoms with E-state index in [1.54, 1.807) is 11.6 Å². The third-order valence-corrected chi connectivity index (χ3v) is 6.40. The molecule has 0 aromatic carbocycles. The molecule has 1 aromatic rings. The van der Waals surface area contributed by atoms with Crippen LogP contribution in [0.4, 0.5) is 0 Å². The van der Waals surface area contributed by atoms with Crippen molar-refractivity contribution in [2.75, 3.05) is 19.6 Å². The molecule has 1 atom stereocenters. The second kappa shape index (κ2) is 9.73. The van der Waals surface area contributed by atoms with Crippen LogP contribution in [0.2, 0.25) is 0 Å². The molecule has 1 unspecified atom stereocenters. The van der Waals surface area contributed by atoms with E-state index in [-0.39, 0.29) is 29.3 Å². The molecule has 0 saturated carbocycles. The predicted molar refractivity (Wildman–Crippen MR) is 105 cm³/mol. The molecule has 1 amide bonds. The molecule has 1 saturated heterocycles. The van der Waals surface area contributed by atoms with Crippen LogP contribution in [0.5, 0.6) is 0 Å². The number of aryl methyl sites for hydroxylation is 1. The van der Waals surface area contributed by atoms with Gasteiger partial charge in [-0.2, -0.15) is 4.31 Å². The van der Waals surface area contributed by atoms with Gasteiger partial charge in [0.05, 0.1) is 0 Å². The Hall–Kier alpha value is -1.09. The summed E-state index contributed by atoms with van der Waals surface area (Å²) in [6, 6.07) is 1.34. The van der Waals surface area contributed by atoms with Crippen molar-refractivity contribution in [3.8, 4) is 0 Å². The SMILES string of the molecule is CC(C)CC(CN)NC(=O)c1cc(S(=O)(=O)N2CCCCC2)cn1C.Cl. The lowest BCUT2D eigenvalue weighted by Crippen LogP contribution is -2.41. The molecular formula is C17H31ClN4O3S. The molecule has 1 aromatic heterocycles. The van der Waals surface area contributed by atoms with Gasteiger partial charge in [0, 0.05) is 38.9 Å². The Bertz CT molecular complexity index is 697. The number of piperidine rings is 1. The second-order valence-electron chi connectivity index (χ2n) is 7.17. The summed E-state index contributed by atoms with van der Waals surface area (Å²) in [6.45, 7) is 5.58. The largest absolute Gasteiger partial charge is 0.347 e.